The molecule has 3 heteroatoms. The minimum absolute atomic E-state index is 0.927. The lowest BCUT2D eigenvalue weighted by Gasteiger charge is -2.18. The smallest absolute Gasteiger partial charge is 0.122 e. The van der Waals surface area contributed by atoms with Gasteiger partial charge in [0.15, 0.2) is 0 Å². The fourth-order valence-electron chi connectivity index (χ4n) is 2.42. The third-order valence-electron chi connectivity index (χ3n) is 3.47. The molecule has 0 aliphatic carbocycles. The first-order chi connectivity index (χ1) is 8.40. The Bertz CT molecular complexity index is 314. The Labute approximate surface area is 104 Å². The van der Waals surface area contributed by atoms with Crippen LogP contribution in [0.25, 0.3) is 0 Å². The monoisotopic (exact) mass is 236 g/mol. The van der Waals surface area contributed by atoms with E-state index < -0.39 is 0 Å². The van der Waals surface area contributed by atoms with Crippen molar-refractivity contribution in [3.63, 3.8) is 0 Å². The van der Waals surface area contributed by atoms with Gasteiger partial charge in [-0.05, 0) is 38.5 Å². The first-order valence-electron chi connectivity index (χ1n) is 6.88. The van der Waals surface area contributed by atoms with E-state index in [0.29, 0.717) is 0 Å². The molecule has 1 N–H and O–H groups in total. The van der Waals surface area contributed by atoms with Crippen LogP contribution in [0.3, 0.4) is 0 Å². The van der Waals surface area contributed by atoms with E-state index in [1.165, 1.54) is 44.3 Å². The molecule has 0 atom stereocenters. The molecular formula is C14H24N2O. The summed E-state index contributed by atoms with van der Waals surface area (Å²) in [5.74, 6) is 1.15. The number of likely N-dealkylation sites (tertiary alicyclic amines) is 1. The Balaban J connectivity index is 1.90. The molecule has 1 aromatic rings. The minimum Gasteiger partial charge on any atom is -0.468 e. The molecule has 0 radical (unpaired) electrons. The van der Waals surface area contributed by atoms with Gasteiger partial charge in [-0.2, -0.15) is 0 Å². The largest absolute Gasteiger partial charge is 0.468 e. The Kier molecular flexibility index (Phi) is 5.08. The molecule has 0 aromatic carbocycles. The summed E-state index contributed by atoms with van der Waals surface area (Å²) >= 11 is 0. The summed E-state index contributed by atoms with van der Waals surface area (Å²) in [4.78, 5) is 2.53. The average Bonchev–Trinajstić information content (AvgIpc) is 2.61. The van der Waals surface area contributed by atoms with Crippen molar-refractivity contribution < 1.29 is 4.42 Å². The van der Waals surface area contributed by atoms with Gasteiger partial charge in [-0.25, -0.2) is 0 Å². The van der Waals surface area contributed by atoms with Crippen LogP contribution in [0.4, 0.5) is 0 Å². The number of hydrogen-bond donors (Lipinski definition) is 1. The van der Waals surface area contributed by atoms with E-state index in [1.807, 2.05) is 6.26 Å². The summed E-state index contributed by atoms with van der Waals surface area (Å²) in [7, 11) is 0. The van der Waals surface area contributed by atoms with E-state index in [4.69, 9.17) is 4.42 Å². The molecule has 2 rings (SSSR count). The van der Waals surface area contributed by atoms with Crippen molar-refractivity contribution in [3.05, 3.63) is 23.7 Å². The maximum absolute atomic E-state index is 5.62. The molecule has 17 heavy (non-hydrogen) atoms. The summed E-state index contributed by atoms with van der Waals surface area (Å²) in [6.07, 6.45) is 7.27. The number of nitrogens with one attached hydrogen (secondary N) is 1. The maximum Gasteiger partial charge on any atom is 0.122 e. The molecular weight excluding hydrogens is 212 g/mol. The van der Waals surface area contributed by atoms with Gasteiger partial charge in [0.05, 0.1) is 12.8 Å². The molecule has 0 unspecified atom stereocenters. The summed E-state index contributed by atoms with van der Waals surface area (Å²) < 4.78 is 5.62. The van der Waals surface area contributed by atoms with Crippen molar-refractivity contribution in [1.82, 2.24) is 10.2 Å². The quantitative estimate of drug-likeness (QED) is 0.852. The van der Waals surface area contributed by atoms with Crippen LogP contribution in [0.15, 0.2) is 16.7 Å². The van der Waals surface area contributed by atoms with Crippen molar-refractivity contribution in [2.24, 2.45) is 0 Å². The zero-order valence-corrected chi connectivity index (χ0v) is 10.9. The van der Waals surface area contributed by atoms with Crippen LogP contribution in [-0.2, 0) is 13.1 Å². The average molecular weight is 236 g/mol. The van der Waals surface area contributed by atoms with Gasteiger partial charge >= 0.3 is 0 Å². The van der Waals surface area contributed by atoms with E-state index >= 15 is 0 Å². The predicted molar refractivity (Wildman–Crippen MR) is 69.8 cm³/mol. The zero-order chi connectivity index (χ0) is 11.9. The van der Waals surface area contributed by atoms with Crippen LogP contribution >= 0.6 is 0 Å². The highest BCUT2D eigenvalue weighted by atomic mass is 16.3. The Morgan fingerprint density at radius 3 is 2.71 bits per heavy atom. The molecule has 0 saturated carbocycles. The minimum atomic E-state index is 0.927. The lowest BCUT2D eigenvalue weighted by molar-refractivity contribution is 0.251. The Morgan fingerprint density at radius 1 is 1.24 bits per heavy atom. The molecule has 96 valence electrons. The van der Waals surface area contributed by atoms with Crippen LogP contribution in [0.2, 0.25) is 0 Å². The van der Waals surface area contributed by atoms with Gasteiger partial charge in [0.2, 0.25) is 0 Å². The number of nitrogens with zero attached hydrogens (tertiary/aromatic N) is 1. The highest BCUT2D eigenvalue weighted by molar-refractivity contribution is 5.16. The van der Waals surface area contributed by atoms with Crippen molar-refractivity contribution in [2.45, 2.75) is 45.7 Å². The van der Waals surface area contributed by atoms with Crippen LogP contribution in [0, 0.1) is 0 Å². The van der Waals surface area contributed by atoms with Gasteiger partial charge in [-0.15, -0.1) is 0 Å². The lowest BCUT2D eigenvalue weighted by Crippen LogP contribution is -2.24. The summed E-state index contributed by atoms with van der Waals surface area (Å²) in [6.45, 7) is 7.50. The van der Waals surface area contributed by atoms with Gasteiger partial charge < -0.3 is 9.73 Å². The molecule has 0 bridgehead atoms. The molecule has 3 nitrogen and oxygen atoms in total. The SMILES string of the molecule is CCNCc1ccoc1CN1CCCCCC1. The number of furan rings is 1. The molecule has 1 fully saturated rings. The van der Waals surface area contributed by atoms with Gasteiger partial charge in [-0.3, -0.25) is 4.90 Å². The summed E-state index contributed by atoms with van der Waals surface area (Å²) in [6, 6.07) is 2.09. The van der Waals surface area contributed by atoms with E-state index in [-0.39, 0.29) is 0 Å². The van der Waals surface area contributed by atoms with Crippen LogP contribution in [0.1, 0.15) is 43.9 Å². The summed E-state index contributed by atoms with van der Waals surface area (Å²) in [5, 5.41) is 3.36. The molecule has 0 amide bonds. The fourth-order valence-corrected chi connectivity index (χ4v) is 2.42. The zero-order valence-electron chi connectivity index (χ0n) is 10.9. The van der Waals surface area contributed by atoms with Crippen molar-refractivity contribution in [2.75, 3.05) is 19.6 Å². The first kappa shape index (κ1) is 12.7. The molecule has 0 spiro atoms. The highest BCUT2D eigenvalue weighted by Gasteiger charge is 2.13. The normalized spacial score (nSPS) is 18.2. The van der Waals surface area contributed by atoms with Gasteiger partial charge in [0.1, 0.15) is 5.76 Å². The molecule has 1 aliphatic heterocycles. The highest BCUT2D eigenvalue weighted by Crippen LogP contribution is 2.16. The Hall–Kier alpha value is -0.800. The van der Waals surface area contributed by atoms with Gasteiger partial charge in [0, 0.05) is 12.1 Å². The summed E-state index contributed by atoms with van der Waals surface area (Å²) in [5.41, 5.74) is 1.32. The molecule has 1 saturated heterocycles. The second-order valence-corrected chi connectivity index (χ2v) is 4.84. The third-order valence-corrected chi connectivity index (χ3v) is 3.47. The van der Waals surface area contributed by atoms with E-state index in [0.717, 1.165) is 25.4 Å². The standard InChI is InChI=1S/C14H24N2O/c1-2-15-11-13-7-10-17-14(13)12-16-8-5-3-4-6-9-16/h7,10,15H,2-6,8-9,11-12H2,1H3. The molecule has 1 aliphatic rings. The lowest BCUT2D eigenvalue weighted by atomic mass is 10.2. The topological polar surface area (TPSA) is 28.4 Å². The van der Waals surface area contributed by atoms with E-state index in [2.05, 4.69) is 23.2 Å². The van der Waals surface area contributed by atoms with Crippen molar-refractivity contribution in [3.8, 4) is 0 Å². The van der Waals surface area contributed by atoms with E-state index in [9.17, 15) is 0 Å². The maximum atomic E-state index is 5.62. The van der Waals surface area contributed by atoms with Gasteiger partial charge in [0.25, 0.3) is 0 Å². The number of hydrogen-bond acceptors (Lipinski definition) is 3. The first-order valence-corrected chi connectivity index (χ1v) is 6.88. The fraction of sp³-hybridized carbons (Fsp3) is 0.714. The second-order valence-electron chi connectivity index (χ2n) is 4.84. The molecule has 1 aromatic heterocycles. The van der Waals surface area contributed by atoms with E-state index in [1.54, 1.807) is 0 Å². The van der Waals surface area contributed by atoms with Gasteiger partial charge in [-0.1, -0.05) is 19.8 Å². The van der Waals surface area contributed by atoms with Crippen molar-refractivity contribution in [1.29, 1.82) is 0 Å². The molecule has 2 heterocycles. The number of rotatable bonds is 5. The van der Waals surface area contributed by atoms with Crippen LogP contribution in [0.5, 0.6) is 0 Å². The van der Waals surface area contributed by atoms with Crippen LogP contribution < -0.4 is 5.32 Å². The third kappa shape index (κ3) is 3.86. The predicted octanol–water partition coefficient (Wildman–Crippen LogP) is 2.77. The van der Waals surface area contributed by atoms with Crippen molar-refractivity contribution >= 4 is 0 Å². The van der Waals surface area contributed by atoms with Crippen LogP contribution in [-0.4, -0.2) is 24.5 Å². The second kappa shape index (κ2) is 6.82. The Morgan fingerprint density at radius 2 is 2.00 bits per heavy atom.